The molecule has 0 bridgehead atoms. The molecule has 2 N–H and O–H groups in total. The molecule has 0 radical (unpaired) electrons. The fourth-order valence-electron chi connectivity index (χ4n) is 2.56. The molecule has 1 aromatic carbocycles. The van der Waals surface area contributed by atoms with Crippen LogP contribution in [0.25, 0.3) is 0 Å². The third-order valence-electron chi connectivity index (χ3n) is 4.52. The van der Waals surface area contributed by atoms with Gasteiger partial charge in [0.05, 0.1) is 0 Å². The van der Waals surface area contributed by atoms with Gasteiger partial charge in [-0.15, -0.1) is 0 Å². The molecule has 2 atom stereocenters. The molecule has 1 aromatic rings. The van der Waals surface area contributed by atoms with E-state index in [9.17, 15) is 14.7 Å². The zero-order chi connectivity index (χ0) is 15.4. The van der Waals surface area contributed by atoms with Crippen LogP contribution in [0.15, 0.2) is 24.3 Å². The van der Waals surface area contributed by atoms with E-state index in [1.807, 2.05) is 26.0 Å². The van der Waals surface area contributed by atoms with Crippen molar-refractivity contribution >= 4 is 11.9 Å². The molecular weight excluding hydrogens is 266 g/mol. The molecule has 4 nitrogen and oxygen atoms in total. The lowest BCUT2D eigenvalue weighted by Crippen LogP contribution is -2.45. The maximum Gasteiger partial charge on any atom is 0.326 e. The van der Waals surface area contributed by atoms with E-state index >= 15 is 0 Å². The Hall–Kier alpha value is -1.84. The van der Waals surface area contributed by atoms with Gasteiger partial charge in [0.25, 0.3) is 5.91 Å². The molecule has 0 heterocycles. The van der Waals surface area contributed by atoms with Gasteiger partial charge in [-0.25, -0.2) is 4.79 Å². The number of benzene rings is 1. The van der Waals surface area contributed by atoms with Crippen molar-refractivity contribution in [3.63, 3.8) is 0 Å². The second-order valence-corrected chi connectivity index (χ2v) is 5.92. The first-order valence-corrected chi connectivity index (χ1v) is 7.66. The monoisotopic (exact) mass is 289 g/mol. The van der Waals surface area contributed by atoms with E-state index in [1.54, 1.807) is 12.1 Å². The molecule has 4 heteroatoms. The molecule has 2 rings (SSSR count). The van der Waals surface area contributed by atoms with Gasteiger partial charge in [-0.3, -0.25) is 4.79 Å². The number of carboxylic acids is 1. The van der Waals surface area contributed by atoms with Gasteiger partial charge in [0, 0.05) is 5.56 Å². The summed E-state index contributed by atoms with van der Waals surface area (Å²) in [6.07, 6.45) is 4.43. The summed E-state index contributed by atoms with van der Waals surface area (Å²) in [7, 11) is 0. The minimum atomic E-state index is -0.983. The summed E-state index contributed by atoms with van der Waals surface area (Å²) < 4.78 is 0. The molecule has 114 valence electrons. The Morgan fingerprint density at radius 2 is 1.90 bits per heavy atom. The highest BCUT2D eigenvalue weighted by Gasteiger charge is 2.26. The highest BCUT2D eigenvalue weighted by atomic mass is 16.4. The van der Waals surface area contributed by atoms with Crippen molar-refractivity contribution < 1.29 is 14.7 Å². The molecule has 1 fully saturated rings. The van der Waals surface area contributed by atoms with E-state index in [1.165, 1.54) is 24.8 Å². The lowest BCUT2D eigenvalue weighted by atomic mass is 9.80. The van der Waals surface area contributed by atoms with Crippen LogP contribution in [0.4, 0.5) is 0 Å². The Labute approximate surface area is 125 Å². The molecule has 1 saturated carbocycles. The third kappa shape index (κ3) is 3.63. The zero-order valence-corrected chi connectivity index (χ0v) is 12.6. The Kier molecular flexibility index (Phi) is 4.99. The van der Waals surface area contributed by atoms with Crippen molar-refractivity contribution in [2.75, 3.05) is 0 Å². The van der Waals surface area contributed by atoms with Crippen LogP contribution in [0.5, 0.6) is 0 Å². The fourth-order valence-corrected chi connectivity index (χ4v) is 2.56. The molecule has 0 aromatic heterocycles. The van der Waals surface area contributed by atoms with Crippen molar-refractivity contribution in [2.45, 2.75) is 51.5 Å². The Morgan fingerprint density at radius 1 is 1.29 bits per heavy atom. The fraction of sp³-hybridized carbons (Fsp3) is 0.529. The molecule has 0 aliphatic heterocycles. The number of hydrogen-bond acceptors (Lipinski definition) is 2. The van der Waals surface area contributed by atoms with Gasteiger partial charge in [0.15, 0.2) is 0 Å². The Bertz CT molecular complexity index is 505. The van der Waals surface area contributed by atoms with E-state index in [2.05, 4.69) is 5.32 Å². The summed E-state index contributed by atoms with van der Waals surface area (Å²) in [5.74, 6) is -0.763. The highest BCUT2D eigenvalue weighted by molar-refractivity contribution is 5.96. The second kappa shape index (κ2) is 6.74. The first-order valence-electron chi connectivity index (χ1n) is 7.66. The van der Waals surface area contributed by atoms with E-state index < -0.39 is 12.0 Å². The number of hydrogen-bond donors (Lipinski definition) is 2. The van der Waals surface area contributed by atoms with Crippen LogP contribution >= 0.6 is 0 Å². The number of nitrogens with one attached hydrogen (secondary N) is 1. The largest absolute Gasteiger partial charge is 0.480 e. The van der Waals surface area contributed by atoms with Crippen LogP contribution in [-0.2, 0) is 4.79 Å². The number of rotatable bonds is 6. The number of carbonyl (C=O) groups is 2. The first kappa shape index (κ1) is 15.5. The van der Waals surface area contributed by atoms with E-state index in [0.29, 0.717) is 17.9 Å². The minimum absolute atomic E-state index is 0.0966. The first-order chi connectivity index (χ1) is 10.0. The molecule has 0 unspecified atom stereocenters. The van der Waals surface area contributed by atoms with Gasteiger partial charge in [-0.05, 0) is 42.4 Å². The van der Waals surface area contributed by atoms with Crippen molar-refractivity contribution in [3.05, 3.63) is 35.4 Å². The SMILES string of the molecule is CC[C@H](C)[C@H](NC(=O)c1ccc(C2CCC2)cc1)C(=O)O. The average molecular weight is 289 g/mol. The van der Waals surface area contributed by atoms with Gasteiger partial charge < -0.3 is 10.4 Å². The van der Waals surface area contributed by atoms with Crippen LogP contribution in [-0.4, -0.2) is 23.0 Å². The van der Waals surface area contributed by atoms with Gasteiger partial charge >= 0.3 is 5.97 Å². The predicted octanol–water partition coefficient (Wildman–Crippen LogP) is 3.18. The maximum atomic E-state index is 12.2. The van der Waals surface area contributed by atoms with Crippen molar-refractivity contribution in [2.24, 2.45) is 5.92 Å². The van der Waals surface area contributed by atoms with Crippen LogP contribution in [0.2, 0.25) is 0 Å². The summed E-state index contributed by atoms with van der Waals surface area (Å²) in [4.78, 5) is 23.4. The van der Waals surface area contributed by atoms with Gasteiger partial charge in [0.2, 0.25) is 0 Å². The number of carboxylic acid groups (broad SMARTS) is 1. The molecule has 0 saturated heterocycles. The van der Waals surface area contributed by atoms with Gasteiger partial charge in [0.1, 0.15) is 6.04 Å². The Balaban J connectivity index is 2.03. The number of amides is 1. The predicted molar refractivity (Wildman–Crippen MR) is 81.4 cm³/mol. The van der Waals surface area contributed by atoms with Gasteiger partial charge in [-0.2, -0.15) is 0 Å². The smallest absolute Gasteiger partial charge is 0.326 e. The van der Waals surface area contributed by atoms with Crippen LogP contribution < -0.4 is 5.32 Å². The summed E-state index contributed by atoms with van der Waals surface area (Å²) >= 11 is 0. The van der Waals surface area contributed by atoms with Crippen molar-refractivity contribution in [1.82, 2.24) is 5.32 Å². The standard InChI is InChI=1S/C17H23NO3/c1-3-11(2)15(17(20)21)18-16(19)14-9-7-13(8-10-14)12-5-4-6-12/h7-12,15H,3-6H2,1-2H3,(H,18,19)(H,20,21)/t11-,15-/m0/s1. The lowest BCUT2D eigenvalue weighted by molar-refractivity contribution is -0.140. The number of carbonyl (C=O) groups excluding carboxylic acids is 1. The summed E-state index contributed by atoms with van der Waals surface area (Å²) in [6, 6.07) is 6.71. The molecule has 1 amide bonds. The quantitative estimate of drug-likeness (QED) is 0.845. The molecule has 0 spiro atoms. The lowest BCUT2D eigenvalue weighted by Gasteiger charge is -2.26. The van der Waals surface area contributed by atoms with Crippen molar-refractivity contribution in [1.29, 1.82) is 0 Å². The summed E-state index contributed by atoms with van der Waals surface area (Å²) in [5, 5.41) is 11.8. The second-order valence-electron chi connectivity index (χ2n) is 5.92. The average Bonchev–Trinajstić information content (AvgIpc) is 2.42. The van der Waals surface area contributed by atoms with Gasteiger partial charge in [-0.1, -0.05) is 38.8 Å². The minimum Gasteiger partial charge on any atom is -0.480 e. The van der Waals surface area contributed by atoms with Crippen molar-refractivity contribution in [3.8, 4) is 0 Å². The van der Waals surface area contributed by atoms with Crippen LogP contribution in [0.1, 0.15) is 61.4 Å². The summed E-state index contributed by atoms with van der Waals surface area (Å²) in [6.45, 7) is 3.75. The van der Waals surface area contributed by atoms with E-state index in [-0.39, 0.29) is 11.8 Å². The zero-order valence-electron chi connectivity index (χ0n) is 12.6. The maximum absolute atomic E-state index is 12.2. The van der Waals surface area contributed by atoms with Crippen LogP contribution in [0, 0.1) is 5.92 Å². The molecule has 1 aliphatic carbocycles. The Morgan fingerprint density at radius 3 is 2.33 bits per heavy atom. The molecule has 1 aliphatic rings. The van der Waals surface area contributed by atoms with Crippen LogP contribution in [0.3, 0.4) is 0 Å². The third-order valence-corrected chi connectivity index (χ3v) is 4.52. The summed E-state index contributed by atoms with van der Waals surface area (Å²) in [5.41, 5.74) is 1.79. The highest BCUT2D eigenvalue weighted by Crippen LogP contribution is 2.36. The molecular formula is C17H23NO3. The topological polar surface area (TPSA) is 66.4 Å². The number of aliphatic carboxylic acids is 1. The molecule has 21 heavy (non-hydrogen) atoms. The van der Waals surface area contributed by atoms with E-state index in [4.69, 9.17) is 0 Å². The van der Waals surface area contributed by atoms with E-state index in [0.717, 1.165) is 0 Å². The normalized spacial score (nSPS) is 17.6.